The fraction of sp³-hybridized carbons (Fsp3) is 0.111. The van der Waals surface area contributed by atoms with Crippen molar-refractivity contribution in [2.45, 2.75) is 15.9 Å². The van der Waals surface area contributed by atoms with Crippen LogP contribution in [0.5, 0.6) is 0 Å². The zero-order chi connectivity index (χ0) is 19.2. The van der Waals surface area contributed by atoms with Gasteiger partial charge in [-0.3, -0.25) is 4.79 Å². The molecule has 0 aliphatic rings. The SMILES string of the molecule is C[S+]([O-])c1nccc(CSc2ncccc2C(=O)Nc2ccc(Cl)cc2)n1. The van der Waals surface area contributed by atoms with Gasteiger partial charge in [0.25, 0.3) is 5.91 Å². The van der Waals surface area contributed by atoms with Crippen molar-refractivity contribution in [1.29, 1.82) is 0 Å². The lowest BCUT2D eigenvalue weighted by Gasteiger charge is -2.09. The first-order valence-corrected chi connectivity index (χ1v) is 10.7. The summed E-state index contributed by atoms with van der Waals surface area (Å²) >= 11 is 6.00. The molecule has 9 heteroatoms. The first kappa shape index (κ1) is 19.6. The van der Waals surface area contributed by atoms with E-state index in [-0.39, 0.29) is 11.1 Å². The van der Waals surface area contributed by atoms with E-state index in [4.69, 9.17) is 11.6 Å². The quantitative estimate of drug-likeness (QED) is 0.372. The van der Waals surface area contributed by atoms with E-state index in [9.17, 15) is 9.35 Å². The van der Waals surface area contributed by atoms with Gasteiger partial charge in [-0.2, -0.15) is 9.97 Å². The van der Waals surface area contributed by atoms with Crippen molar-refractivity contribution in [3.8, 4) is 0 Å². The summed E-state index contributed by atoms with van der Waals surface area (Å²) in [5.74, 6) is 0.219. The molecule has 3 rings (SSSR count). The number of benzene rings is 1. The Hall–Kier alpha value is -2.13. The third-order valence-corrected chi connectivity index (χ3v) is 5.42. The standard InChI is InChI=1S/C18H15ClN4O2S2/c1-27(25)18-21-10-8-14(23-18)11-26-17-15(3-2-9-20-17)16(24)22-13-6-4-12(19)5-7-13/h2-10H,11H2,1H3,(H,22,24). The van der Waals surface area contributed by atoms with Crippen molar-refractivity contribution < 1.29 is 9.35 Å². The van der Waals surface area contributed by atoms with Gasteiger partial charge in [0.1, 0.15) is 11.3 Å². The van der Waals surface area contributed by atoms with Gasteiger partial charge in [-0.1, -0.05) is 23.4 Å². The molecule has 6 nitrogen and oxygen atoms in total. The minimum atomic E-state index is -1.24. The van der Waals surface area contributed by atoms with E-state index >= 15 is 0 Å². The molecule has 0 aliphatic carbocycles. The van der Waals surface area contributed by atoms with Crippen LogP contribution >= 0.6 is 23.4 Å². The van der Waals surface area contributed by atoms with Crippen LogP contribution in [0.3, 0.4) is 0 Å². The lowest BCUT2D eigenvalue weighted by atomic mass is 10.2. The van der Waals surface area contributed by atoms with Gasteiger partial charge in [0.2, 0.25) is 0 Å². The van der Waals surface area contributed by atoms with Gasteiger partial charge >= 0.3 is 5.16 Å². The molecule has 2 aromatic heterocycles. The highest BCUT2D eigenvalue weighted by Gasteiger charge is 2.14. The largest absolute Gasteiger partial charge is 0.609 e. The van der Waals surface area contributed by atoms with E-state index in [1.54, 1.807) is 54.9 Å². The molecule has 0 aliphatic heterocycles. The molecule has 0 saturated carbocycles. The number of carbonyl (C=O) groups excluding carboxylic acids is 1. The fourth-order valence-corrected chi connectivity index (χ4v) is 3.63. The minimum Gasteiger partial charge on any atom is -0.609 e. The minimum absolute atomic E-state index is 0.258. The average molecular weight is 419 g/mol. The number of anilines is 1. The van der Waals surface area contributed by atoms with Gasteiger partial charge in [-0.15, -0.1) is 0 Å². The normalized spacial score (nSPS) is 11.8. The van der Waals surface area contributed by atoms with Crippen LogP contribution in [0.25, 0.3) is 0 Å². The van der Waals surface area contributed by atoms with Crippen LogP contribution in [-0.2, 0) is 16.9 Å². The Balaban J connectivity index is 1.72. The van der Waals surface area contributed by atoms with Crippen LogP contribution in [-0.4, -0.2) is 31.7 Å². The molecule has 1 unspecified atom stereocenters. The van der Waals surface area contributed by atoms with Gasteiger partial charge in [0.05, 0.1) is 11.3 Å². The number of amides is 1. The van der Waals surface area contributed by atoms with Gasteiger partial charge < -0.3 is 9.87 Å². The van der Waals surface area contributed by atoms with Crippen molar-refractivity contribution in [3.05, 3.63) is 71.1 Å². The summed E-state index contributed by atoms with van der Waals surface area (Å²) in [6.07, 6.45) is 4.74. The first-order chi connectivity index (χ1) is 13.0. The van der Waals surface area contributed by atoms with Crippen LogP contribution in [0.15, 0.2) is 65.0 Å². The summed E-state index contributed by atoms with van der Waals surface area (Å²) < 4.78 is 11.5. The number of nitrogens with one attached hydrogen (secondary N) is 1. The van der Waals surface area contributed by atoms with Gasteiger partial charge in [0.15, 0.2) is 0 Å². The number of hydrogen-bond donors (Lipinski definition) is 1. The van der Waals surface area contributed by atoms with Crippen molar-refractivity contribution in [3.63, 3.8) is 0 Å². The smallest absolute Gasteiger partial charge is 0.342 e. The molecule has 138 valence electrons. The summed E-state index contributed by atoms with van der Waals surface area (Å²) in [7, 11) is 0. The van der Waals surface area contributed by atoms with Crippen LogP contribution in [0.4, 0.5) is 5.69 Å². The average Bonchev–Trinajstić information content (AvgIpc) is 2.68. The van der Waals surface area contributed by atoms with Gasteiger partial charge in [-0.05, 0) is 42.5 Å². The predicted octanol–water partition coefficient (Wildman–Crippen LogP) is 3.81. The van der Waals surface area contributed by atoms with E-state index < -0.39 is 11.2 Å². The Labute approximate surface area is 169 Å². The monoisotopic (exact) mass is 418 g/mol. The third kappa shape index (κ3) is 5.43. The van der Waals surface area contributed by atoms with Crippen LogP contribution < -0.4 is 5.32 Å². The number of rotatable bonds is 6. The second kappa shape index (κ2) is 9.18. The van der Waals surface area contributed by atoms with Crippen molar-refractivity contribution in [2.75, 3.05) is 11.6 Å². The zero-order valence-electron chi connectivity index (χ0n) is 14.3. The highest BCUT2D eigenvalue weighted by atomic mass is 35.5. The number of thioether (sulfide) groups is 1. The van der Waals surface area contributed by atoms with E-state index in [1.807, 2.05) is 0 Å². The predicted molar refractivity (Wildman–Crippen MR) is 108 cm³/mol. The number of aromatic nitrogens is 3. The molecule has 2 heterocycles. The molecular weight excluding hydrogens is 404 g/mol. The highest BCUT2D eigenvalue weighted by molar-refractivity contribution is 7.98. The molecule has 0 fully saturated rings. The molecule has 0 radical (unpaired) electrons. The van der Waals surface area contributed by atoms with Gasteiger partial charge in [-0.25, -0.2) is 4.98 Å². The first-order valence-electron chi connectivity index (χ1n) is 7.83. The summed E-state index contributed by atoms with van der Waals surface area (Å²) in [6, 6.07) is 12.1. The molecule has 1 amide bonds. The second-order valence-electron chi connectivity index (χ2n) is 5.39. The molecule has 0 bridgehead atoms. The summed E-state index contributed by atoms with van der Waals surface area (Å²) in [4.78, 5) is 25.2. The van der Waals surface area contributed by atoms with Gasteiger partial charge in [0, 0.05) is 40.0 Å². The summed E-state index contributed by atoms with van der Waals surface area (Å²) in [5.41, 5.74) is 1.83. The van der Waals surface area contributed by atoms with Crippen LogP contribution in [0, 0.1) is 0 Å². The molecule has 27 heavy (non-hydrogen) atoms. The molecule has 1 atom stereocenters. The Morgan fingerprint density at radius 2 is 1.96 bits per heavy atom. The lowest BCUT2D eigenvalue weighted by molar-refractivity contribution is 0.102. The third-order valence-electron chi connectivity index (χ3n) is 3.42. The number of carbonyl (C=O) groups is 1. The maximum Gasteiger partial charge on any atom is 0.342 e. The van der Waals surface area contributed by atoms with Crippen LogP contribution in [0.1, 0.15) is 16.1 Å². The number of nitrogens with zero attached hydrogens (tertiary/aromatic N) is 3. The fourth-order valence-electron chi connectivity index (χ4n) is 2.15. The number of hydrogen-bond acceptors (Lipinski definition) is 6. The van der Waals surface area contributed by atoms with E-state index in [0.29, 0.717) is 27.1 Å². The Morgan fingerprint density at radius 1 is 1.19 bits per heavy atom. The summed E-state index contributed by atoms with van der Waals surface area (Å²) in [6.45, 7) is 0. The van der Waals surface area contributed by atoms with Crippen molar-refractivity contribution >= 4 is 46.1 Å². The van der Waals surface area contributed by atoms with E-state index in [2.05, 4.69) is 20.3 Å². The second-order valence-corrected chi connectivity index (χ2v) is 8.06. The Morgan fingerprint density at radius 3 is 2.70 bits per heavy atom. The number of pyridine rings is 1. The molecule has 1 N–H and O–H groups in total. The molecule has 1 aromatic carbocycles. The topological polar surface area (TPSA) is 90.8 Å². The van der Waals surface area contributed by atoms with Crippen molar-refractivity contribution in [2.24, 2.45) is 0 Å². The lowest BCUT2D eigenvalue weighted by Crippen LogP contribution is -2.13. The van der Waals surface area contributed by atoms with Crippen molar-refractivity contribution in [1.82, 2.24) is 15.0 Å². The Kier molecular flexibility index (Phi) is 6.68. The van der Waals surface area contributed by atoms with Crippen LogP contribution in [0.2, 0.25) is 5.02 Å². The summed E-state index contributed by atoms with van der Waals surface area (Å²) in [5, 5.41) is 4.30. The van der Waals surface area contributed by atoms with E-state index in [1.165, 1.54) is 18.0 Å². The molecular formula is C18H15ClN4O2S2. The molecule has 3 aromatic rings. The maximum atomic E-state index is 12.6. The zero-order valence-corrected chi connectivity index (χ0v) is 16.6. The Bertz CT molecular complexity index is 939. The highest BCUT2D eigenvalue weighted by Crippen LogP contribution is 2.25. The van der Waals surface area contributed by atoms with E-state index in [0.717, 1.165) is 5.69 Å². The molecule has 0 spiro atoms. The number of halogens is 1. The molecule has 0 saturated heterocycles. The maximum absolute atomic E-state index is 12.6.